The number of ether oxygens (including phenoxy) is 1. The van der Waals surface area contributed by atoms with Crippen molar-refractivity contribution in [1.29, 1.82) is 0 Å². The normalized spacial score (nSPS) is 44.9. The van der Waals surface area contributed by atoms with Gasteiger partial charge in [0.1, 0.15) is 0 Å². The third-order valence-electron chi connectivity index (χ3n) is 2.37. The predicted octanol–water partition coefficient (Wildman–Crippen LogP) is 3.12. The number of hydrogen-bond acceptors (Lipinski definition) is 1. The first-order valence-corrected chi connectivity index (χ1v) is 3.53. The zero-order valence-corrected chi connectivity index (χ0v) is 11.5. The van der Waals surface area contributed by atoms with Crippen molar-refractivity contribution >= 4 is 48.0 Å². The van der Waals surface area contributed by atoms with Crippen molar-refractivity contribution in [3.8, 4) is 0 Å². The van der Waals surface area contributed by atoms with Crippen LogP contribution < -0.4 is 0 Å². The van der Waals surface area contributed by atoms with Gasteiger partial charge in [0.25, 0.3) is 0 Å². The maximum atomic E-state index is 5.74. The molecule has 0 saturated carbocycles. The molecule has 1 nitrogen and oxygen atoms in total. The molecule has 0 aliphatic carbocycles. The number of rotatable bonds is 0. The third kappa shape index (κ3) is 2.09. The molecular weight excluding hydrogens is 366 g/mol. The first kappa shape index (κ1) is 12.2. The molecule has 1 fully saturated rings. The summed E-state index contributed by atoms with van der Waals surface area (Å²) < 4.78 is 5.74. The van der Waals surface area contributed by atoms with Gasteiger partial charge in [-0.2, -0.15) is 0 Å². The highest BCUT2D eigenvalue weighted by molar-refractivity contribution is 14.0. The molecule has 0 spiro atoms. The van der Waals surface area contributed by atoms with E-state index in [4.69, 9.17) is 4.74 Å². The molecule has 0 aromatic carbocycles. The van der Waals surface area contributed by atoms with Crippen molar-refractivity contribution < 1.29 is 4.74 Å². The Bertz CT molecular complexity index is 163. The SMILES string of the molecule is CC12C=CC(C)(CC1)O2.I.I. The molecule has 0 aromatic heterocycles. The average molecular weight is 380 g/mol. The van der Waals surface area contributed by atoms with Crippen molar-refractivity contribution in [2.45, 2.75) is 37.9 Å². The van der Waals surface area contributed by atoms with Crippen LogP contribution in [0.2, 0.25) is 0 Å². The lowest BCUT2D eigenvalue weighted by Gasteiger charge is -2.16. The van der Waals surface area contributed by atoms with Gasteiger partial charge in [-0.1, -0.05) is 12.2 Å². The second kappa shape index (κ2) is 3.49. The van der Waals surface area contributed by atoms with Crippen LogP contribution in [0.5, 0.6) is 0 Å². The van der Waals surface area contributed by atoms with Crippen LogP contribution in [0.4, 0.5) is 0 Å². The van der Waals surface area contributed by atoms with Crippen LogP contribution in [-0.4, -0.2) is 11.2 Å². The Hall–Kier alpha value is 1.16. The summed E-state index contributed by atoms with van der Waals surface area (Å²) in [5.41, 5.74) is 0.184. The quantitative estimate of drug-likeness (QED) is 0.464. The molecule has 2 atom stereocenters. The zero-order chi connectivity index (χ0) is 6.54. The fraction of sp³-hybridized carbons (Fsp3) is 0.750. The van der Waals surface area contributed by atoms with Gasteiger partial charge in [0.2, 0.25) is 0 Å². The minimum absolute atomic E-state index is 0. The van der Waals surface area contributed by atoms with Crippen LogP contribution in [0.3, 0.4) is 0 Å². The molecule has 0 aromatic rings. The highest BCUT2D eigenvalue weighted by Gasteiger charge is 2.45. The molecule has 2 rings (SSSR count). The fourth-order valence-corrected chi connectivity index (χ4v) is 1.72. The fourth-order valence-electron chi connectivity index (χ4n) is 1.72. The minimum atomic E-state index is 0. The topological polar surface area (TPSA) is 9.23 Å². The molecule has 2 heterocycles. The van der Waals surface area contributed by atoms with E-state index < -0.39 is 0 Å². The highest BCUT2D eigenvalue weighted by Crippen LogP contribution is 2.44. The van der Waals surface area contributed by atoms with Crippen LogP contribution in [0.1, 0.15) is 26.7 Å². The molecule has 11 heavy (non-hydrogen) atoms. The predicted molar refractivity (Wildman–Crippen MR) is 67.1 cm³/mol. The molecular formula is C8H14I2O. The van der Waals surface area contributed by atoms with Gasteiger partial charge >= 0.3 is 0 Å². The molecule has 2 aliphatic rings. The van der Waals surface area contributed by atoms with Crippen LogP contribution in [0.25, 0.3) is 0 Å². The molecule has 0 N–H and O–H groups in total. The number of fused-ring (bicyclic) bond motifs is 2. The zero-order valence-electron chi connectivity index (χ0n) is 6.79. The summed E-state index contributed by atoms with van der Waals surface area (Å²) in [5, 5.41) is 0. The molecule has 2 bridgehead atoms. The molecule has 66 valence electrons. The molecule has 0 amide bonds. The molecule has 3 heteroatoms. The molecule has 1 saturated heterocycles. The van der Waals surface area contributed by atoms with Gasteiger partial charge in [-0.15, -0.1) is 48.0 Å². The third-order valence-corrected chi connectivity index (χ3v) is 2.37. The Labute approximate surface area is 102 Å². The lowest BCUT2D eigenvalue weighted by Crippen LogP contribution is -2.20. The van der Waals surface area contributed by atoms with Crippen molar-refractivity contribution in [3.63, 3.8) is 0 Å². The molecule has 2 unspecified atom stereocenters. The lowest BCUT2D eigenvalue weighted by atomic mass is 9.91. The van der Waals surface area contributed by atoms with Crippen molar-refractivity contribution in [2.24, 2.45) is 0 Å². The van der Waals surface area contributed by atoms with E-state index in [1.54, 1.807) is 0 Å². The van der Waals surface area contributed by atoms with E-state index in [2.05, 4.69) is 26.0 Å². The first-order valence-electron chi connectivity index (χ1n) is 3.53. The summed E-state index contributed by atoms with van der Waals surface area (Å²) >= 11 is 0. The molecule has 0 radical (unpaired) electrons. The second-order valence-electron chi connectivity index (χ2n) is 3.56. The van der Waals surface area contributed by atoms with E-state index in [0.29, 0.717) is 0 Å². The van der Waals surface area contributed by atoms with Crippen molar-refractivity contribution in [2.75, 3.05) is 0 Å². The Kier molecular flexibility index (Phi) is 3.86. The van der Waals surface area contributed by atoms with E-state index in [9.17, 15) is 0 Å². The van der Waals surface area contributed by atoms with E-state index >= 15 is 0 Å². The van der Waals surface area contributed by atoms with Gasteiger partial charge in [0, 0.05) is 0 Å². The highest BCUT2D eigenvalue weighted by atomic mass is 127. The van der Waals surface area contributed by atoms with Crippen LogP contribution in [-0.2, 0) is 4.74 Å². The maximum Gasteiger partial charge on any atom is 0.0848 e. The summed E-state index contributed by atoms with van der Waals surface area (Å²) in [6.45, 7) is 4.31. The first-order chi connectivity index (χ1) is 4.12. The Morgan fingerprint density at radius 1 is 1.00 bits per heavy atom. The van der Waals surface area contributed by atoms with E-state index in [-0.39, 0.29) is 59.2 Å². The van der Waals surface area contributed by atoms with Gasteiger partial charge in [0.05, 0.1) is 11.2 Å². The number of halogens is 2. The Balaban J connectivity index is 0.000000500. The van der Waals surface area contributed by atoms with Gasteiger partial charge in [-0.05, 0) is 26.7 Å². The van der Waals surface area contributed by atoms with Gasteiger partial charge in [-0.25, -0.2) is 0 Å². The smallest absolute Gasteiger partial charge is 0.0848 e. The summed E-state index contributed by atoms with van der Waals surface area (Å²) in [5.74, 6) is 0. The largest absolute Gasteiger partial charge is 0.361 e. The van der Waals surface area contributed by atoms with E-state index in [1.165, 1.54) is 12.8 Å². The summed E-state index contributed by atoms with van der Waals surface area (Å²) in [6, 6.07) is 0. The van der Waals surface area contributed by atoms with Crippen LogP contribution >= 0.6 is 48.0 Å². The Morgan fingerprint density at radius 2 is 1.36 bits per heavy atom. The minimum Gasteiger partial charge on any atom is -0.361 e. The number of hydrogen-bond donors (Lipinski definition) is 0. The van der Waals surface area contributed by atoms with Gasteiger partial charge in [-0.3, -0.25) is 0 Å². The molecule has 2 aliphatic heterocycles. The van der Waals surface area contributed by atoms with E-state index in [0.717, 1.165) is 0 Å². The standard InChI is InChI=1S/C8H12O.2HI/c1-7-3-5-8(2,9-7)6-4-7;;/h3,5H,4,6H2,1-2H3;2*1H. The lowest BCUT2D eigenvalue weighted by molar-refractivity contribution is -0.0102. The Morgan fingerprint density at radius 3 is 1.45 bits per heavy atom. The second-order valence-corrected chi connectivity index (χ2v) is 3.56. The summed E-state index contributed by atoms with van der Waals surface area (Å²) in [4.78, 5) is 0. The van der Waals surface area contributed by atoms with Crippen LogP contribution in [0, 0.1) is 0 Å². The summed E-state index contributed by atoms with van der Waals surface area (Å²) in [7, 11) is 0. The monoisotopic (exact) mass is 380 g/mol. The maximum absolute atomic E-state index is 5.74. The van der Waals surface area contributed by atoms with Crippen LogP contribution in [0.15, 0.2) is 12.2 Å². The van der Waals surface area contributed by atoms with Gasteiger partial charge < -0.3 is 4.74 Å². The van der Waals surface area contributed by atoms with Gasteiger partial charge in [0.15, 0.2) is 0 Å². The van der Waals surface area contributed by atoms with Crippen molar-refractivity contribution in [3.05, 3.63) is 12.2 Å². The van der Waals surface area contributed by atoms with Crippen molar-refractivity contribution in [1.82, 2.24) is 0 Å². The summed E-state index contributed by atoms with van der Waals surface area (Å²) in [6.07, 6.45) is 6.77. The average Bonchev–Trinajstić information content (AvgIpc) is 2.19. The van der Waals surface area contributed by atoms with E-state index in [1.807, 2.05) is 0 Å².